The van der Waals surface area contributed by atoms with Crippen LogP contribution in [-0.2, 0) is 0 Å². The van der Waals surface area contributed by atoms with Gasteiger partial charge in [0.2, 0.25) is 0 Å². The summed E-state index contributed by atoms with van der Waals surface area (Å²) in [5, 5.41) is 0. The van der Waals surface area contributed by atoms with Crippen LogP contribution in [0.2, 0.25) is 0 Å². The molecule has 1 aliphatic carbocycles. The fourth-order valence-electron chi connectivity index (χ4n) is 2.01. The molecule has 0 bridgehead atoms. The van der Waals surface area contributed by atoms with Gasteiger partial charge in [-0.25, -0.2) is 0 Å². The van der Waals surface area contributed by atoms with Crippen molar-refractivity contribution >= 4 is 21.7 Å². The van der Waals surface area contributed by atoms with Crippen LogP contribution < -0.4 is 4.74 Å². The van der Waals surface area contributed by atoms with E-state index in [4.69, 9.17) is 4.74 Å². The third kappa shape index (κ3) is 2.89. The second-order valence-electron chi connectivity index (χ2n) is 4.57. The van der Waals surface area contributed by atoms with Crippen molar-refractivity contribution in [3.63, 3.8) is 0 Å². The van der Waals surface area contributed by atoms with E-state index in [1.54, 1.807) is 0 Å². The van der Waals surface area contributed by atoms with Gasteiger partial charge in [-0.1, -0.05) is 6.92 Å². The number of carbonyl (C=O) groups excluding carboxylic acids is 1. The van der Waals surface area contributed by atoms with E-state index < -0.39 is 0 Å². The van der Waals surface area contributed by atoms with Crippen molar-refractivity contribution in [3.05, 3.63) is 28.2 Å². The molecule has 1 aromatic rings. The fourth-order valence-corrected chi connectivity index (χ4v) is 2.56. The summed E-state index contributed by atoms with van der Waals surface area (Å²) in [6, 6.07) is 5.59. The van der Waals surface area contributed by atoms with Crippen molar-refractivity contribution in [1.29, 1.82) is 0 Å². The van der Waals surface area contributed by atoms with E-state index in [0.29, 0.717) is 12.5 Å². The number of halogens is 1. The molecule has 17 heavy (non-hydrogen) atoms. The maximum Gasteiger partial charge on any atom is 0.167 e. The monoisotopic (exact) mass is 296 g/mol. The van der Waals surface area contributed by atoms with E-state index in [9.17, 15) is 4.79 Å². The van der Waals surface area contributed by atoms with Crippen LogP contribution in [-0.4, -0.2) is 12.4 Å². The van der Waals surface area contributed by atoms with Crippen LogP contribution in [0.4, 0.5) is 0 Å². The number of ketones is 1. The van der Waals surface area contributed by atoms with Crippen molar-refractivity contribution in [2.45, 2.75) is 26.7 Å². The summed E-state index contributed by atoms with van der Waals surface area (Å²) in [5.74, 6) is 1.78. The van der Waals surface area contributed by atoms with Crippen LogP contribution >= 0.6 is 15.9 Å². The zero-order chi connectivity index (χ0) is 12.4. The van der Waals surface area contributed by atoms with E-state index in [1.165, 1.54) is 12.8 Å². The molecule has 0 N–H and O–H groups in total. The molecule has 3 heteroatoms. The van der Waals surface area contributed by atoms with Gasteiger partial charge in [0.1, 0.15) is 5.75 Å². The number of Topliss-reactive ketones (excluding diaryl/α,β-unsaturated/α-hetero) is 1. The summed E-state index contributed by atoms with van der Waals surface area (Å²) in [5.41, 5.74) is 0.771. The predicted octanol–water partition coefficient (Wildman–Crippen LogP) is 4.08. The van der Waals surface area contributed by atoms with Gasteiger partial charge in [0.15, 0.2) is 5.78 Å². The van der Waals surface area contributed by atoms with Gasteiger partial charge in [-0.2, -0.15) is 0 Å². The summed E-state index contributed by atoms with van der Waals surface area (Å²) < 4.78 is 6.23. The normalized spacial score (nSPS) is 16.6. The highest BCUT2D eigenvalue weighted by molar-refractivity contribution is 9.10. The van der Waals surface area contributed by atoms with E-state index in [0.717, 1.165) is 15.8 Å². The number of ether oxygens (including phenoxy) is 1. The molecule has 1 unspecified atom stereocenters. The zero-order valence-corrected chi connectivity index (χ0v) is 11.8. The lowest BCUT2D eigenvalue weighted by atomic mass is 9.95. The van der Waals surface area contributed by atoms with Crippen molar-refractivity contribution in [3.8, 4) is 5.75 Å². The Morgan fingerprint density at radius 2 is 2.24 bits per heavy atom. The lowest BCUT2D eigenvalue weighted by Gasteiger charge is -2.11. The molecule has 0 heterocycles. The Bertz CT molecular complexity index is 424. The van der Waals surface area contributed by atoms with Crippen LogP contribution in [0.15, 0.2) is 22.7 Å². The Labute approximate surface area is 110 Å². The summed E-state index contributed by atoms with van der Waals surface area (Å²) in [7, 11) is 0. The molecule has 1 fully saturated rings. The van der Waals surface area contributed by atoms with Crippen LogP contribution in [0.3, 0.4) is 0 Å². The van der Waals surface area contributed by atoms with Gasteiger partial charge >= 0.3 is 0 Å². The van der Waals surface area contributed by atoms with Gasteiger partial charge < -0.3 is 4.74 Å². The molecule has 2 rings (SSSR count). The summed E-state index contributed by atoms with van der Waals surface area (Å²) >= 11 is 3.45. The van der Waals surface area contributed by atoms with Gasteiger partial charge in [-0.3, -0.25) is 4.79 Å². The van der Waals surface area contributed by atoms with Gasteiger partial charge in [0, 0.05) is 16.0 Å². The van der Waals surface area contributed by atoms with Crippen LogP contribution in [0.1, 0.15) is 37.0 Å². The van der Waals surface area contributed by atoms with Crippen molar-refractivity contribution in [2.24, 2.45) is 11.8 Å². The van der Waals surface area contributed by atoms with Crippen molar-refractivity contribution < 1.29 is 9.53 Å². The second-order valence-corrected chi connectivity index (χ2v) is 5.42. The van der Waals surface area contributed by atoms with Gasteiger partial charge in [0.05, 0.1) is 6.61 Å². The third-order valence-electron chi connectivity index (χ3n) is 3.26. The molecule has 0 aromatic heterocycles. The van der Waals surface area contributed by atoms with Gasteiger partial charge in [0.25, 0.3) is 0 Å². The topological polar surface area (TPSA) is 26.3 Å². The van der Waals surface area contributed by atoms with Gasteiger partial charge in [-0.05, 0) is 59.8 Å². The lowest BCUT2D eigenvalue weighted by molar-refractivity contribution is 0.0915. The SMILES string of the molecule is CCOc1ccc(C(=O)C(C)C2CC2)c(Br)c1. The minimum atomic E-state index is 0.143. The molecule has 0 aliphatic heterocycles. The molecule has 0 radical (unpaired) electrons. The Morgan fingerprint density at radius 1 is 1.53 bits per heavy atom. The number of hydrogen-bond acceptors (Lipinski definition) is 2. The first kappa shape index (κ1) is 12.6. The first-order valence-corrected chi connectivity index (χ1v) is 6.89. The number of carbonyl (C=O) groups is 1. The number of hydrogen-bond donors (Lipinski definition) is 0. The van der Waals surface area contributed by atoms with Crippen LogP contribution in [0.5, 0.6) is 5.75 Å². The molecule has 92 valence electrons. The number of rotatable bonds is 5. The molecule has 1 aliphatic rings. The Hall–Kier alpha value is -0.830. The minimum absolute atomic E-state index is 0.143. The molecule has 2 nitrogen and oxygen atoms in total. The van der Waals surface area contributed by atoms with Crippen molar-refractivity contribution in [1.82, 2.24) is 0 Å². The highest BCUT2D eigenvalue weighted by Gasteiger charge is 2.33. The minimum Gasteiger partial charge on any atom is -0.494 e. The zero-order valence-electron chi connectivity index (χ0n) is 10.2. The molecule has 1 atom stereocenters. The van der Waals surface area contributed by atoms with E-state index in [-0.39, 0.29) is 11.7 Å². The predicted molar refractivity (Wildman–Crippen MR) is 71.5 cm³/mol. The molecule has 0 spiro atoms. The standard InChI is InChI=1S/C14H17BrO2/c1-3-17-11-6-7-12(13(15)8-11)14(16)9(2)10-4-5-10/h6-10H,3-5H2,1-2H3. The molecular formula is C14H17BrO2. The van der Waals surface area contributed by atoms with Crippen LogP contribution in [0.25, 0.3) is 0 Å². The average Bonchev–Trinajstić information content (AvgIpc) is 3.12. The first-order chi connectivity index (χ1) is 8.13. The van der Waals surface area contributed by atoms with Crippen molar-refractivity contribution in [2.75, 3.05) is 6.61 Å². The fraction of sp³-hybridized carbons (Fsp3) is 0.500. The molecule has 1 aromatic carbocycles. The summed E-state index contributed by atoms with van der Waals surface area (Å²) in [4.78, 5) is 12.2. The summed E-state index contributed by atoms with van der Waals surface area (Å²) in [6.45, 7) is 4.61. The number of benzene rings is 1. The molecule has 0 amide bonds. The largest absolute Gasteiger partial charge is 0.494 e. The highest BCUT2D eigenvalue weighted by atomic mass is 79.9. The second kappa shape index (κ2) is 5.21. The van der Waals surface area contributed by atoms with E-state index in [1.807, 2.05) is 32.0 Å². The Balaban J connectivity index is 2.17. The Morgan fingerprint density at radius 3 is 2.76 bits per heavy atom. The van der Waals surface area contributed by atoms with Crippen LogP contribution in [0, 0.1) is 11.8 Å². The van der Waals surface area contributed by atoms with Gasteiger partial charge in [-0.15, -0.1) is 0 Å². The maximum absolute atomic E-state index is 12.2. The lowest BCUT2D eigenvalue weighted by Crippen LogP contribution is -2.13. The van der Waals surface area contributed by atoms with E-state index >= 15 is 0 Å². The molecule has 0 saturated heterocycles. The Kier molecular flexibility index (Phi) is 3.87. The van der Waals surface area contributed by atoms with E-state index in [2.05, 4.69) is 15.9 Å². The maximum atomic E-state index is 12.2. The average molecular weight is 297 g/mol. The summed E-state index contributed by atoms with van der Waals surface area (Å²) in [6.07, 6.45) is 2.39. The first-order valence-electron chi connectivity index (χ1n) is 6.10. The quantitative estimate of drug-likeness (QED) is 0.766. The smallest absolute Gasteiger partial charge is 0.167 e. The third-order valence-corrected chi connectivity index (χ3v) is 3.92. The molecular weight excluding hydrogens is 280 g/mol. The molecule has 1 saturated carbocycles. The highest BCUT2D eigenvalue weighted by Crippen LogP contribution is 2.39.